The summed E-state index contributed by atoms with van der Waals surface area (Å²) in [5, 5.41) is 11.9. The van der Waals surface area contributed by atoms with Crippen molar-refractivity contribution in [2.24, 2.45) is 0 Å². The molecule has 0 saturated carbocycles. The summed E-state index contributed by atoms with van der Waals surface area (Å²) in [4.78, 5) is 11.7. The second-order valence-electron chi connectivity index (χ2n) is 3.52. The summed E-state index contributed by atoms with van der Waals surface area (Å²) in [5.41, 5.74) is 0. The third-order valence-corrected chi connectivity index (χ3v) is 2.63. The van der Waals surface area contributed by atoms with Crippen LogP contribution in [-0.4, -0.2) is 29.2 Å². The fourth-order valence-electron chi connectivity index (χ4n) is 1.56. The Hall–Kier alpha value is -1.93. The molecule has 0 bridgehead atoms. The molecular weight excluding hydrogens is 242 g/mol. The first kappa shape index (κ1) is 11.6. The molecule has 88 valence electrons. The van der Waals surface area contributed by atoms with E-state index in [4.69, 9.17) is 21.6 Å². The number of ether oxygens (including phenoxy) is 1. The van der Waals surface area contributed by atoms with Gasteiger partial charge in [-0.3, -0.25) is 0 Å². The standard InChI is InChI=1S/C11H10ClN3O2/c12-9-2-4-10(5-3-9)17-11(16)15-7-1-6-14(15)8-13/h2-5H,1,6-7H2. The quantitative estimate of drug-likeness (QED) is 0.719. The van der Waals surface area contributed by atoms with E-state index in [9.17, 15) is 4.79 Å². The number of carbonyl (C=O) groups excluding carboxylic acids is 1. The number of amides is 1. The Kier molecular flexibility index (Phi) is 3.35. The van der Waals surface area contributed by atoms with Gasteiger partial charge in [0.25, 0.3) is 0 Å². The van der Waals surface area contributed by atoms with Crippen LogP contribution < -0.4 is 4.74 Å². The predicted molar refractivity (Wildman–Crippen MR) is 61.1 cm³/mol. The van der Waals surface area contributed by atoms with Gasteiger partial charge < -0.3 is 4.74 Å². The molecular formula is C11H10ClN3O2. The van der Waals surface area contributed by atoms with Crippen molar-refractivity contribution >= 4 is 17.7 Å². The Labute approximate surface area is 104 Å². The molecule has 2 rings (SSSR count). The number of rotatable bonds is 1. The van der Waals surface area contributed by atoms with Crippen molar-refractivity contribution in [3.05, 3.63) is 29.3 Å². The normalized spacial score (nSPS) is 14.6. The monoisotopic (exact) mass is 251 g/mol. The van der Waals surface area contributed by atoms with Gasteiger partial charge in [0.1, 0.15) is 5.75 Å². The first-order chi connectivity index (χ1) is 8.20. The van der Waals surface area contributed by atoms with Crippen LogP contribution in [0.15, 0.2) is 24.3 Å². The average molecular weight is 252 g/mol. The zero-order valence-electron chi connectivity index (χ0n) is 8.97. The van der Waals surface area contributed by atoms with Gasteiger partial charge in [-0.2, -0.15) is 5.26 Å². The van der Waals surface area contributed by atoms with Crippen LogP contribution in [0.1, 0.15) is 6.42 Å². The molecule has 0 radical (unpaired) electrons. The zero-order chi connectivity index (χ0) is 12.3. The van der Waals surface area contributed by atoms with Gasteiger partial charge in [0.05, 0.1) is 6.54 Å². The third kappa shape index (κ3) is 2.60. The summed E-state index contributed by atoms with van der Waals surface area (Å²) in [6.45, 7) is 1.05. The molecule has 0 aromatic heterocycles. The second-order valence-corrected chi connectivity index (χ2v) is 3.96. The van der Waals surface area contributed by atoms with Crippen molar-refractivity contribution < 1.29 is 9.53 Å². The first-order valence-electron chi connectivity index (χ1n) is 5.13. The molecule has 1 fully saturated rings. The number of carbonyl (C=O) groups is 1. The molecule has 1 aliphatic heterocycles. The summed E-state index contributed by atoms with van der Waals surface area (Å²) in [6, 6.07) is 6.48. The molecule has 1 heterocycles. The van der Waals surface area contributed by atoms with E-state index in [1.54, 1.807) is 24.3 Å². The van der Waals surface area contributed by atoms with Gasteiger partial charge in [-0.15, -0.1) is 0 Å². The van der Waals surface area contributed by atoms with E-state index in [1.807, 2.05) is 6.19 Å². The summed E-state index contributed by atoms with van der Waals surface area (Å²) in [6.07, 6.45) is 2.14. The van der Waals surface area contributed by atoms with Crippen molar-refractivity contribution in [3.8, 4) is 11.9 Å². The lowest BCUT2D eigenvalue weighted by atomic mass is 10.3. The van der Waals surface area contributed by atoms with E-state index < -0.39 is 6.09 Å². The molecule has 0 aliphatic carbocycles. The molecule has 1 aromatic rings. The molecule has 1 amide bonds. The van der Waals surface area contributed by atoms with Gasteiger partial charge >= 0.3 is 6.09 Å². The number of hydrazine groups is 1. The van der Waals surface area contributed by atoms with Crippen molar-refractivity contribution in [3.63, 3.8) is 0 Å². The van der Waals surface area contributed by atoms with E-state index in [0.29, 0.717) is 23.9 Å². The Morgan fingerprint density at radius 1 is 1.35 bits per heavy atom. The Morgan fingerprint density at radius 3 is 2.71 bits per heavy atom. The zero-order valence-corrected chi connectivity index (χ0v) is 9.72. The second kappa shape index (κ2) is 4.93. The molecule has 0 spiro atoms. The fourth-order valence-corrected chi connectivity index (χ4v) is 1.69. The fraction of sp³-hybridized carbons (Fsp3) is 0.273. The molecule has 0 atom stereocenters. The third-order valence-electron chi connectivity index (χ3n) is 2.38. The van der Waals surface area contributed by atoms with E-state index in [1.165, 1.54) is 10.0 Å². The van der Waals surface area contributed by atoms with Crippen molar-refractivity contribution in [2.45, 2.75) is 6.42 Å². The number of halogens is 1. The molecule has 6 heteroatoms. The molecule has 5 nitrogen and oxygen atoms in total. The van der Waals surface area contributed by atoms with E-state index >= 15 is 0 Å². The highest BCUT2D eigenvalue weighted by atomic mass is 35.5. The molecule has 1 aliphatic rings. The smallest absolute Gasteiger partial charge is 0.409 e. The van der Waals surface area contributed by atoms with Crippen LogP contribution in [-0.2, 0) is 0 Å². The van der Waals surface area contributed by atoms with E-state index in [-0.39, 0.29) is 0 Å². The van der Waals surface area contributed by atoms with E-state index in [2.05, 4.69) is 0 Å². The Morgan fingerprint density at radius 2 is 2.06 bits per heavy atom. The highest BCUT2D eigenvalue weighted by molar-refractivity contribution is 6.30. The molecule has 1 aromatic carbocycles. The number of nitrogens with zero attached hydrogens (tertiary/aromatic N) is 3. The first-order valence-corrected chi connectivity index (χ1v) is 5.50. The Bertz CT molecular complexity index is 455. The van der Waals surface area contributed by atoms with Crippen LogP contribution in [0.5, 0.6) is 5.75 Å². The van der Waals surface area contributed by atoms with Gasteiger partial charge in [0, 0.05) is 11.6 Å². The van der Waals surface area contributed by atoms with Crippen LogP contribution >= 0.6 is 11.6 Å². The maximum Gasteiger partial charge on any atom is 0.434 e. The highest BCUT2D eigenvalue weighted by Crippen LogP contribution is 2.18. The molecule has 0 N–H and O–H groups in total. The lowest BCUT2D eigenvalue weighted by Gasteiger charge is -2.21. The Balaban J connectivity index is 2.02. The number of benzene rings is 1. The van der Waals surface area contributed by atoms with Crippen molar-refractivity contribution in [1.82, 2.24) is 10.0 Å². The van der Waals surface area contributed by atoms with Gasteiger partial charge in [-0.1, -0.05) is 11.6 Å². The van der Waals surface area contributed by atoms with Crippen LogP contribution in [0, 0.1) is 11.5 Å². The number of hydrogen-bond acceptors (Lipinski definition) is 4. The number of hydrogen-bond donors (Lipinski definition) is 0. The predicted octanol–water partition coefficient (Wildman–Crippen LogP) is 2.24. The maximum atomic E-state index is 11.7. The average Bonchev–Trinajstić information content (AvgIpc) is 2.80. The minimum Gasteiger partial charge on any atom is -0.409 e. The van der Waals surface area contributed by atoms with E-state index in [0.717, 1.165) is 6.42 Å². The highest BCUT2D eigenvalue weighted by Gasteiger charge is 2.27. The summed E-state index contributed by atoms with van der Waals surface area (Å²) < 4.78 is 5.12. The van der Waals surface area contributed by atoms with Gasteiger partial charge in [0.2, 0.25) is 0 Å². The minimum absolute atomic E-state index is 0.407. The molecule has 1 saturated heterocycles. The van der Waals surface area contributed by atoms with Gasteiger partial charge in [-0.05, 0) is 30.7 Å². The number of nitriles is 1. The minimum atomic E-state index is -0.550. The topological polar surface area (TPSA) is 56.6 Å². The van der Waals surface area contributed by atoms with Crippen LogP contribution in [0.4, 0.5) is 4.79 Å². The lowest BCUT2D eigenvalue weighted by molar-refractivity contribution is 0.0801. The molecule has 0 unspecified atom stereocenters. The summed E-state index contributed by atoms with van der Waals surface area (Å²) in [5.74, 6) is 0.407. The lowest BCUT2D eigenvalue weighted by Crippen LogP contribution is -2.40. The summed E-state index contributed by atoms with van der Waals surface area (Å²) in [7, 11) is 0. The van der Waals surface area contributed by atoms with Crippen LogP contribution in [0.25, 0.3) is 0 Å². The maximum absolute atomic E-state index is 11.7. The SMILES string of the molecule is N#CN1CCCN1C(=O)Oc1ccc(Cl)cc1. The van der Waals surface area contributed by atoms with Crippen LogP contribution in [0.2, 0.25) is 5.02 Å². The van der Waals surface area contributed by atoms with Crippen molar-refractivity contribution in [2.75, 3.05) is 13.1 Å². The van der Waals surface area contributed by atoms with Gasteiger partial charge in [0.15, 0.2) is 6.19 Å². The largest absolute Gasteiger partial charge is 0.434 e. The van der Waals surface area contributed by atoms with Crippen molar-refractivity contribution in [1.29, 1.82) is 5.26 Å². The molecule has 17 heavy (non-hydrogen) atoms. The summed E-state index contributed by atoms with van der Waals surface area (Å²) >= 11 is 5.72. The van der Waals surface area contributed by atoms with Crippen LogP contribution in [0.3, 0.4) is 0 Å². The van der Waals surface area contributed by atoms with Gasteiger partial charge in [-0.25, -0.2) is 14.8 Å².